The van der Waals surface area contributed by atoms with Gasteiger partial charge >= 0.3 is 5.97 Å². The van der Waals surface area contributed by atoms with Gasteiger partial charge in [-0.05, 0) is 56.2 Å². The molecule has 190 valence electrons. The molecule has 3 heterocycles. The van der Waals surface area contributed by atoms with Crippen LogP contribution in [0.1, 0.15) is 59.0 Å². The summed E-state index contributed by atoms with van der Waals surface area (Å²) in [5, 5.41) is 18.2. The second-order valence-corrected chi connectivity index (χ2v) is 9.25. The van der Waals surface area contributed by atoms with E-state index in [2.05, 4.69) is 15.3 Å². The zero-order valence-electron chi connectivity index (χ0n) is 19.6. The number of carbonyl (C=O) groups is 1. The van der Waals surface area contributed by atoms with Gasteiger partial charge in [-0.3, -0.25) is 4.98 Å². The van der Waals surface area contributed by atoms with E-state index >= 15 is 0 Å². The van der Waals surface area contributed by atoms with E-state index in [1.54, 1.807) is 43.5 Å². The molecule has 1 saturated carbocycles. The van der Waals surface area contributed by atoms with Gasteiger partial charge in [0.15, 0.2) is 6.61 Å². The van der Waals surface area contributed by atoms with Crippen LogP contribution in [0.2, 0.25) is 10.0 Å². The minimum absolute atomic E-state index is 0.00828. The lowest BCUT2D eigenvalue weighted by molar-refractivity contribution is 0.0649. The van der Waals surface area contributed by atoms with Gasteiger partial charge < -0.3 is 23.6 Å². The van der Waals surface area contributed by atoms with Crippen molar-refractivity contribution in [2.45, 2.75) is 38.9 Å². The number of aromatic nitrogens is 2. The van der Waals surface area contributed by atoms with Crippen LogP contribution >= 0.6 is 23.2 Å². The maximum Gasteiger partial charge on any atom is 0.371 e. The van der Waals surface area contributed by atoms with Crippen molar-refractivity contribution in [1.82, 2.24) is 10.1 Å². The number of aromatic carboxylic acids is 1. The molecule has 0 spiro atoms. The molecule has 0 aliphatic heterocycles. The summed E-state index contributed by atoms with van der Waals surface area (Å²) >= 11 is 12.8. The Kier molecular flexibility index (Phi) is 7.16. The minimum Gasteiger partial charge on any atom is -0.487 e. The monoisotopic (exact) mass is 541 g/mol. The summed E-state index contributed by atoms with van der Waals surface area (Å²) in [5.41, 5.74) is 3.13. The second-order valence-electron chi connectivity index (χ2n) is 8.43. The van der Waals surface area contributed by atoms with Gasteiger partial charge in [0.05, 0.1) is 27.5 Å². The SMILES string of the molecule is C/C(=N\OCc1ccc(C(=O)O)o1)c1ccc(OCc2c(-c3c(Cl)cccc3Cl)noc2C2CC2)cn1. The smallest absolute Gasteiger partial charge is 0.371 e. The van der Waals surface area contributed by atoms with E-state index in [0.717, 1.165) is 24.2 Å². The first-order chi connectivity index (χ1) is 17.9. The maximum absolute atomic E-state index is 10.9. The largest absolute Gasteiger partial charge is 0.487 e. The van der Waals surface area contributed by atoms with Gasteiger partial charge in [0, 0.05) is 11.5 Å². The molecule has 0 radical (unpaired) electrons. The van der Waals surface area contributed by atoms with Crippen molar-refractivity contribution in [3.63, 3.8) is 0 Å². The number of halogens is 2. The number of ether oxygens (including phenoxy) is 1. The molecule has 1 aliphatic carbocycles. The lowest BCUT2D eigenvalue weighted by Gasteiger charge is -2.10. The van der Waals surface area contributed by atoms with Crippen LogP contribution in [0.15, 0.2) is 62.8 Å². The van der Waals surface area contributed by atoms with Crippen LogP contribution in [0.5, 0.6) is 5.75 Å². The zero-order chi connectivity index (χ0) is 25.9. The summed E-state index contributed by atoms with van der Waals surface area (Å²) in [6.07, 6.45) is 3.66. The second kappa shape index (κ2) is 10.7. The Balaban J connectivity index is 1.25. The summed E-state index contributed by atoms with van der Waals surface area (Å²) in [7, 11) is 0. The molecule has 0 saturated heterocycles. The first-order valence-corrected chi connectivity index (χ1v) is 12.2. The third-order valence-corrected chi connectivity index (χ3v) is 6.37. The molecule has 11 heteroatoms. The molecule has 0 unspecified atom stereocenters. The number of nitrogens with zero attached hydrogens (tertiary/aromatic N) is 3. The van der Waals surface area contributed by atoms with E-state index in [-0.39, 0.29) is 19.0 Å². The van der Waals surface area contributed by atoms with Crippen molar-refractivity contribution in [2.75, 3.05) is 0 Å². The number of furan rings is 1. The van der Waals surface area contributed by atoms with Gasteiger partial charge in [-0.1, -0.05) is 39.6 Å². The Bertz CT molecular complexity index is 1440. The highest BCUT2D eigenvalue weighted by Crippen LogP contribution is 2.46. The topological polar surface area (TPSA) is 120 Å². The Morgan fingerprint density at radius 1 is 1.14 bits per heavy atom. The van der Waals surface area contributed by atoms with Crippen LogP contribution in [0, 0.1) is 0 Å². The molecule has 0 amide bonds. The van der Waals surface area contributed by atoms with Gasteiger partial charge in [0.1, 0.15) is 35.3 Å². The molecule has 0 atom stereocenters. The Morgan fingerprint density at radius 2 is 1.92 bits per heavy atom. The van der Waals surface area contributed by atoms with Crippen molar-refractivity contribution in [3.8, 4) is 17.0 Å². The highest BCUT2D eigenvalue weighted by Gasteiger charge is 2.33. The van der Waals surface area contributed by atoms with Crippen molar-refractivity contribution < 1.29 is 28.4 Å². The fourth-order valence-corrected chi connectivity index (χ4v) is 4.27. The summed E-state index contributed by atoms with van der Waals surface area (Å²) < 4.78 is 16.8. The number of hydrogen-bond acceptors (Lipinski definition) is 8. The van der Waals surface area contributed by atoms with Crippen LogP contribution in [0.25, 0.3) is 11.3 Å². The third kappa shape index (κ3) is 5.63. The first kappa shape index (κ1) is 24.9. The fourth-order valence-electron chi connectivity index (χ4n) is 3.69. The van der Waals surface area contributed by atoms with E-state index in [4.69, 9.17) is 46.8 Å². The lowest BCUT2D eigenvalue weighted by Crippen LogP contribution is -2.03. The number of rotatable bonds is 10. The molecule has 3 aromatic heterocycles. The molecule has 1 N–H and O–H groups in total. The van der Waals surface area contributed by atoms with Crippen LogP contribution in [-0.2, 0) is 18.1 Å². The highest BCUT2D eigenvalue weighted by molar-refractivity contribution is 6.39. The number of pyridine rings is 1. The van der Waals surface area contributed by atoms with Gasteiger partial charge in [0.25, 0.3) is 0 Å². The summed E-state index contributed by atoms with van der Waals surface area (Å²) in [5.74, 6) is 0.708. The highest BCUT2D eigenvalue weighted by atomic mass is 35.5. The molecule has 4 aromatic rings. The van der Waals surface area contributed by atoms with E-state index < -0.39 is 5.97 Å². The zero-order valence-corrected chi connectivity index (χ0v) is 21.1. The summed E-state index contributed by atoms with van der Waals surface area (Å²) in [6, 6.07) is 11.7. The molecule has 1 fully saturated rings. The van der Waals surface area contributed by atoms with Crippen LogP contribution < -0.4 is 4.74 Å². The van der Waals surface area contributed by atoms with Gasteiger partial charge in [0.2, 0.25) is 5.76 Å². The quantitative estimate of drug-likeness (QED) is 0.173. The average molecular weight is 542 g/mol. The van der Waals surface area contributed by atoms with E-state index in [1.807, 2.05) is 0 Å². The first-order valence-electron chi connectivity index (χ1n) is 11.4. The van der Waals surface area contributed by atoms with E-state index in [1.165, 1.54) is 12.1 Å². The van der Waals surface area contributed by atoms with Gasteiger partial charge in [-0.25, -0.2) is 4.79 Å². The molecule has 1 aromatic carbocycles. The number of oxime groups is 1. The molecule has 0 bridgehead atoms. The average Bonchev–Trinajstić information content (AvgIpc) is 3.46. The lowest BCUT2D eigenvalue weighted by atomic mass is 10.0. The van der Waals surface area contributed by atoms with Gasteiger partial charge in [-0.15, -0.1) is 0 Å². The minimum atomic E-state index is -1.14. The standard InChI is InChI=1S/C26H21Cl2N3O6/c1-14(30-35-12-17-8-10-22(36-17)26(32)33)21-9-7-16(11-29-21)34-13-18-24(31-37-25(18)15-5-6-15)23-19(27)3-2-4-20(23)28/h2-4,7-11,15H,5-6,12-13H2,1H3,(H,32,33)/b30-14+. The van der Waals surface area contributed by atoms with Crippen molar-refractivity contribution in [3.05, 3.63) is 87.2 Å². The fraction of sp³-hybridized carbons (Fsp3) is 0.231. The Morgan fingerprint density at radius 3 is 2.57 bits per heavy atom. The van der Waals surface area contributed by atoms with E-state index in [0.29, 0.717) is 50.1 Å². The maximum atomic E-state index is 10.9. The van der Waals surface area contributed by atoms with Crippen LogP contribution in [0.4, 0.5) is 0 Å². The van der Waals surface area contributed by atoms with Crippen LogP contribution in [0.3, 0.4) is 0 Å². The number of carboxylic acid groups (broad SMARTS) is 1. The summed E-state index contributed by atoms with van der Waals surface area (Å²) in [4.78, 5) is 20.5. The molecule has 37 heavy (non-hydrogen) atoms. The van der Waals surface area contributed by atoms with Gasteiger partial charge in [-0.2, -0.15) is 0 Å². The third-order valence-electron chi connectivity index (χ3n) is 5.74. The summed E-state index contributed by atoms with van der Waals surface area (Å²) in [6.45, 7) is 1.95. The normalized spacial score (nSPS) is 13.5. The molecule has 5 rings (SSSR count). The number of carboxylic acids is 1. The number of hydrogen-bond donors (Lipinski definition) is 1. The molecule has 9 nitrogen and oxygen atoms in total. The van der Waals surface area contributed by atoms with Crippen molar-refractivity contribution >= 4 is 34.9 Å². The predicted molar refractivity (Wildman–Crippen MR) is 135 cm³/mol. The Labute approximate surface area is 221 Å². The Hall–Kier alpha value is -3.82. The number of benzene rings is 1. The molecular weight excluding hydrogens is 521 g/mol. The molecule has 1 aliphatic rings. The van der Waals surface area contributed by atoms with E-state index in [9.17, 15) is 4.79 Å². The van der Waals surface area contributed by atoms with Crippen LogP contribution in [-0.4, -0.2) is 26.9 Å². The van der Waals surface area contributed by atoms with Crippen molar-refractivity contribution in [2.24, 2.45) is 5.16 Å². The van der Waals surface area contributed by atoms with Crippen molar-refractivity contribution in [1.29, 1.82) is 0 Å². The molecular formula is C26H21Cl2N3O6. The predicted octanol–water partition coefficient (Wildman–Crippen LogP) is 6.73.